The number of aromatic nitrogens is 2. The van der Waals surface area contributed by atoms with Crippen molar-refractivity contribution in [3.05, 3.63) is 89.5 Å². The Morgan fingerprint density at radius 2 is 1.59 bits per heavy atom. The van der Waals surface area contributed by atoms with Crippen LogP contribution in [0.2, 0.25) is 0 Å². The average Bonchev–Trinajstić information content (AvgIpc) is 3.19. The van der Waals surface area contributed by atoms with Crippen LogP contribution >= 0.6 is 0 Å². The Bertz CT molecular complexity index is 1150. The normalized spacial score (nSPS) is 12.5. The number of carbonyl (C=O) groups is 2. The second-order valence-electron chi connectivity index (χ2n) is 5.54. The standard InChI is InChI=1S/C14H8O5S.C5H6N2/c15-13-8-4-1-2-5-9(8)14(16)12-10(13)6-3-7-11(12)20(17,18)19;1-2-5-6-3-4-7-5/h1-7H,(H,17,18,19);2-4H,1H2,(H,6,7). The molecule has 0 aliphatic heterocycles. The number of aromatic amines is 1. The first-order chi connectivity index (χ1) is 12.8. The third-order valence-corrected chi connectivity index (χ3v) is 4.80. The third-order valence-electron chi connectivity index (χ3n) is 3.90. The van der Waals surface area contributed by atoms with Gasteiger partial charge in [-0.3, -0.25) is 14.1 Å². The molecule has 27 heavy (non-hydrogen) atoms. The molecule has 1 aliphatic rings. The molecule has 7 nitrogen and oxygen atoms in total. The molecule has 4 rings (SSSR count). The van der Waals surface area contributed by atoms with Crippen LogP contribution in [-0.2, 0) is 10.1 Å². The quantitative estimate of drug-likeness (QED) is 0.515. The minimum Gasteiger partial charge on any atom is -0.345 e. The maximum Gasteiger partial charge on any atom is 0.295 e. The highest BCUT2D eigenvalue weighted by Gasteiger charge is 2.33. The molecule has 0 radical (unpaired) electrons. The number of carbonyl (C=O) groups excluding carboxylic acids is 2. The molecule has 1 heterocycles. The molecule has 0 bridgehead atoms. The number of H-pyrrole nitrogens is 1. The van der Waals surface area contributed by atoms with Crippen LogP contribution in [0.1, 0.15) is 37.7 Å². The van der Waals surface area contributed by atoms with Crippen molar-refractivity contribution in [1.29, 1.82) is 0 Å². The maximum atomic E-state index is 12.4. The number of nitrogens with zero attached hydrogens (tertiary/aromatic N) is 1. The predicted octanol–water partition coefficient (Wildman–Crippen LogP) is 2.76. The summed E-state index contributed by atoms with van der Waals surface area (Å²) in [6.07, 6.45) is 5.12. The average molecular weight is 382 g/mol. The van der Waals surface area contributed by atoms with E-state index in [9.17, 15) is 22.6 Å². The van der Waals surface area contributed by atoms with Gasteiger partial charge in [0.1, 0.15) is 10.7 Å². The summed E-state index contributed by atoms with van der Waals surface area (Å²) in [5.41, 5.74) is 0.0983. The fraction of sp³-hybridized carbons (Fsp3) is 0. The van der Waals surface area contributed by atoms with E-state index in [2.05, 4.69) is 16.5 Å². The largest absolute Gasteiger partial charge is 0.345 e. The summed E-state index contributed by atoms with van der Waals surface area (Å²) in [4.78, 5) is 30.9. The summed E-state index contributed by atoms with van der Waals surface area (Å²) in [6.45, 7) is 3.51. The molecule has 0 spiro atoms. The first kappa shape index (κ1) is 18.4. The monoisotopic (exact) mass is 382 g/mol. The molecule has 3 aromatic rings. The highest BCUT2D eigenvalue weighted by atomic mass is 32.2. The van der Waals surface area contributed by atoms with Crippen LogP contribution in [0.25, 0.3) is 6.08 Å². The molecule has 2 N–H and O–H groups in total. The molecule has 8 heteroatoms. The highest BCUT2D eigenvalue weighted by Crippen LogP contribution is 2.31. The first-order valence-electron chi connectivity index (χ1n) is 7.75. The van der Waals surface area contributed by atoms with E-state index in [-0.39, 0.29) is 22.3 Å². The van der Waals surface area contributed by atoms with Crippen LogP contribution < -0.4 is 0 Å². The van der Waals surface area contributed by atoms with Gasteiger partial charge < -0.3 is 4.98 Å². The number of benzene rings is 2. The minimum atomic E-state index is -4.58. The van der Waals surface area contributed by atoms with Gasteiger partial charge in [0.05, 0.1) is 5.56 Å². The molecular formula is C19H14N2O5S. The number of ketones is 2. The summed E-state index contributed by atoms with van der Waals surface area (Å²) < 4.78 is 31.9. The molecule has 0 saturated carbocycles. The number of hydrogen-bond donors (Lipinski definition) is 2. The zero-order valence-corrected chi connectivity index (χ0v) is 14.7. The van der Waals surface area contributed by atoms with Crippen molar-refractivity contribution < 1.29 is 22.6 Å². The summed E-state index contributed by atoms with van der Waals surface area (Å²) in [5.74, 6) is -0.191. The smallest absolute Gasteiger partial charge is 0.295 e. The van der Waals surface area contributed by atoms with Gasteiger partial charge >= 0.3 is 0 Å². The van der Waals surface area contributed by atoms with Gasteiger partial charge in [0.25, 0.3) is 10.1 Å². The van der Waals surface area contributed by atoms with Crippen molar-refractivity contribution in [3.8, 4) is 0 Å². The van der Waals surface area contributed by atoms with Gasteiger partial charge in [0.15, 0.2) is 11.6 Å². The Labute approximate surface area is 155 Å². The van der Waals surface area contributed by atoms with Crippen LogP contribution in [0.3, 0.4) is 0 Å². The lowest BCUT2D eigenvalue weighted by molar-refractivity contribution is 0.0976. The Morgan fingerprint density at radius 1 is 0.963 bits per heavy atom. The lowest BCUT2D eigenvalue weighted by atomic mass is 9.84. The Morgan fingerprint density at radius 3 is 2.11 bits per heavy atom. The Hall–Kier alpha value is -3.36. The highest BCUT2D eigenvalue weighted by molar-refractivity contribution is 7.86. The number of hydrogen-bond acceptors (Lipinski definition) is 5. The topological polar surface area (TPSA) is 117 Å². The fourth-order valence-corrected chi connectivity index (χ4v) is 3.43. The van der Waals surface area contributed by atoms with E-state index in [1.807, 2.05) is 0 Å². The number of imidazole rings is 1. The van der Waals surface area contributed by atoms with E-state index in [0.29, 0.717) is 0 Å². The van der Waals surface area contributed by atoms with Gasteiger partial charge in [0, 0.05) is 29.1 Å². The number of fused-ring (bicyclic) bond motifs is 2. The zero-order valence-electron chi connectivity index (χ0n) is 13.9. The maximum absolute atomic E-state index is 12.4. The van der Waals surface area contributed by atoms with Gasteiger partial charge in [-0.05, 0) is 12.1 Å². The van der Waals surface area contributed by atoms with Gasteiger partial charge in [0.2, 0.25) is 0 Å². The van der Waals surface area contributed by atoms with Crippen LogP contribution in [0.4, 0.5) is 0 Å². The molecule has 0 atom stereocenters. The van der Waals surface area contributed by atoms with Crippen LogP contribution in [-0.4, -0.2) is 34.5 Å². The molecule has 1 aliphatic carbocycles. The fourth-order valence-electron chi connectivity index (χ4n) is 2.72. The van der Waals surface area contributed by atoms with Gasteiger partial charge in [-0.2, -0.15) is 8.42 Å². The molecule has 1 aromatic heterocycles. The number of rotatable bonds is 2. The lowest BCUT2D eigenvalue weighted by Gasteiger charge is -2.18. The lowest BCUT2D eigenvalue weighted by Crippen LogP contribution is -2.23. The van der Waals surface area contributed by atoms with Crippen molar-refractivity contribution in [2.75, 3.05) is 0 Å². The molecule has 0 amide bonds. The van der Waals surface area contributed by atoms with Crippen molar-refractivity contribution in [3.63, 3.8) is 0 Å². The summed E-state index contributed by atoms with van der Waals surface area (Å²) >= 11 is 0. The van der Waals surface area contributed by atoms with E-state index < -0.39 is 26.6 Å². The second-order valence-corrected chi connectivity index (χ2v) is 6.93. The zero-order chi connectivity index (χ0) is 19.6. The van der Waals surface area contributed by atoms with E-state index in [0.717, 1.165) is 11.9 Å². The minimum absolute atomic E-state index is 0.0103. The van der Waals surface area contributed by atoms with E-state index >= 15 is 0 Å². The Kier molecular flexibility index (Phi) is 4.85. The number of nitrogens with one attached hydrogen (secondary N) is 1. The molecule has 136 valence electrons. The van der Waals surface area contributed by atoms with Crippen molar-refractivity contribution in [2.24, 2.45) is 0 Å². The van der Waals surface area contributed by atoms with Crippen LogP contribution in [0.15, 0.2) is 66.3 Å². The van der Waals surface area contributed by atoms with Crippen LogP contribution in [0, 0.1) is 0 Å². The van der Waals surface area contributed by atoms with Crippen molar-refractivity contribution in [2.45, 2.75) is 4.90 Å². The second kappa shape index (κ2) is 7.10. The van der Waals surface area contributed by atoms with Crippen molar-refractivity contribution >= 4 is 27.8 Å². The summed E-state index contributed by atoms with van der Waals surface area (Å²) in [7, 11) is -4.58. The SMILES string of the molecule is C=Cc1ncc[nH]1.O=C1c2ccccc2C(=O)c2c1cccc2S(=O)(=O)O. The summed E-state index contributed by atoms with van der Waals surface area (Å²) in [5, 5.41) is 0. The molecular weight excluding hydrogens is 368 g/mol. The van der Waals surface area contributed by atoms with Crippen molar-refractivity contribution in [1.82, 2.24) is 9.97 Å². The van der Waals surface area contributed by atoms with Gasteiger partial charge in [-0.25, -0.2) is 4.98 Å². The third kappa shape index (κ3) is 3.48. The van der Waals surface area contributed by atoms with Gasteiger partial charge in [-0.15, -0.1) is 0 Å². The van der Waals surface area contributed by atoms with Crippen LogP contribution in [0.5, 0.6) is 0 Å². The van der Waals surface area contributed by atoms with E-state index in [1.54, 1.807) is 30.6 Å². The summed E-state index contributed by atoms with van der Waals surface area (Å²) in [6, 6.07) is 9.99. The van der Waals surface area contributed by atoms with E-state index in [4.69, 9.17) is 0 Å². The molecule has 0 fully saturated rings. The molecule has 0 saturated heterocycles. The molecule has 2 aromatic carbocycles. The Balaban J connectivity index is 0.000000253. The van der Waals surface area contributed by atoms with Gasteiger partial charge in [-0.1, -0.05) is 43.0 Å². The first-order valence-corrected chi connectivity index (χ1v) is 9.19. The van der Waals surface area contributed by atoms with E-state index in [1.165, 1.54) is 24.3 Å². The molecule has 0 unspecified atom stereocenters. The predicted molar refractivity (Wildman–Crippen MR) is 98.2 cm³/mol.